The molecule has 0 fully saturated rings. The highest BCUT2D eigenvalue weighted by Crippen LogP contribution is 2.17. The van der Waals surface area contributed by atoms with E-state index in [1.807, 2.05) is 0 Å². The number of unbranched alkanes of at least 4 members (excludes halogenated alkanes) is 16. The highest BCUT2D eigenvalue weighted by atomic mass is 16.7. The molecule has 6 nitrogen and oxygen atoms in total. The number of carbonyl (C=O) groups excluding carboxylic acids is 1. The highest BCUT2D eigenvalue weighted by molar-refractivity contribution is 5.77. The molecule has 0 saturated heterocycles. The van der Waals surface area contributed by atoms with Crippen LogP contribution in [0.2, 0.25) is 0 Å². The van der Waals surface area contributed by atoms with Gasteiger partial charge in [-0.2, -0.15) is 0 Å². The largest absolute Gasteiger partial charge is 0.344 e. The minimum Gasteiger partial charge on any atom is -0.344 e. The standard InChI is InChI=1S/C27H56N2O4/c1-3-24-28-29-26(30)25(4-2)22-20-18-16-14-12-10-8-6-5-7-9-11-13-15-17-19-21-23-27(31,32)33/h25,28,31-33H,3-24H2,1-2H3,(H,29,30). The fourth-order valence-corrected chi connectivity index (χ4v) is 4.30. The number of hydrazine groups is 1. The van der Waals surface area contributed by atoms with Crippen LogP contribution in [0.15, 0.2) is 0 Å². The maximum atomic E-state index is 12.1. The van der Waals surface area contributed by atoms with E-state index in [-0.39, 0.29) is 18.2 Å². The monoisotopic (exact) mass is 472 g/mol. The molecule has 0 aromatic rings. The average Bonchev–Trinajstić information content (AvgIpc) is 2.77. The summed E-state index contributed by atoms with van der Waals surface area (Å²) in [6, 6.07) is 0. The van der Waals surface area contributed by atoms with Gasteiger partial charge < -0.3 is 15.3 Å². The molecule has 0 aliphatic heterocycles. The number of nitrogens with one attached hydrogen (secondary N) is 2. The lowest BCUT2D eigenvalue weighted by Crippen LogP contribution is -2.41. The number of amides is 1. The molecule has 0 heterocycles. The van der Waals surface area contributed by atoms with E-state index in [0.29, 0.717) is 6.42 Å². The van der Waals surface area contributed by atoms with Crippen molar-refractivity contribution in [1.29, 1.82) is 0 Å². The van der Waals surface area contributed by atoms with Crippen molar-refractivity contribution < 1.29 is 20.1 Å². The molecule has 0 aliphatic rings. The molecule has 0 bridgehead atoms. The molecule has 6 heteroatoms. The van der Waals surface area contributed by atoms with E-state index in [9.17, 15) is 4.79 Å². The summed E-state index contributed by atoms with van der Waals surface area (Å²) in [4.78, 5) is 12.1. The summed E-state index contributed by atoms with van der Waals surface area (Å²) in [5.74, 6) is -2.18. The van der Waals surface area contributed by atoms with Crippen molar-refractivity contribution in [3.8, 4) is 0 Å². The highest BCUT2D eigenvalue weighted by Gasteiger charge is 2.16. The SMILES string of the molecule is CCCNNC(=O)C(CC)CCCCCCCCCCCCCCCCCCCC(O)(O)O. The lowest BCUT2D eigenvalue weighted by Gasteiger charge is -2.15. The third kappa shape index (κ3) is 24.2. The molecule has 0 aromatic heterocycles. The first-order chi connectivity index (χ1) is 15.9. The van der Waals surface area contributed by atoms with Crippen molar-refractivity contribution in [2.45, 2.75) is 155 Å². The Morgan fingerprint density at radius 2 is 1.06 bits per heavy atom. The second kappa shape index (κ2) is 23.1. The van der Waals surface area contributed by atoms with Gasteiger partial charge in [-0.1, -0.05) is 117 Å². The van der Waals surface area contributed by atoms with Gasteiger partial charge in [-0.15, -0.1) is 0 Å². The van der Waals surface area contributed by atoms with Crippen molar-refractivity contribution in [1.82, 2.24) is 10.9 Å². The summed E-state index contributed by atoms with van der Waals surface area (Å²) < 4.78 is 0. The summed E-state index contributed by atoms with van der Waals surface area (Å²) in [6.07, 6.45) is 24.0. The first-order valence-electron chi connectivity index (χ1n) is 14.1. The fourth-order valence-electron chi connectivity index (χ4n) is 4.30. The molecular weight excluding hydrogens is 416 g/mol. The zero-order valence-electron chi connectivity index (χ0n) is 21.9. The third-order valence-corrected chi connectivity index (χ3v) is 6.51. The van der Waals surface area contributed by atoms with Crippen molar-refractivity contribution in [3.63, 3.8) is 0 Å². The number of carbonyl (C=O) groups is 1. The van der Waals surface area contributed by atoms with Gasteiger partial charge in [0.1, 0.15) is 0 Å². The predicted octanol–water partition coefficient (Wildman–Crippen LogP) is 6.09. The third-order valence-electron chi connectivity index (χ3n) is 6.51. The number of aliphatic hydroxyl groups is 3. The van der Waals surface area contributed by atoms with Gasteiger partial charge in [0.05, 0.1) is 0 Å². The fraction of sp³-hybridized carbons (Fsp3) is 0.963. The van der Waals surface area contributed by atoms with E-state index in [4.69, 9.17) is 15.3 Å². The van der Waals surface area contributed by atoms with Gasteiger partial charge in [-0.25, -0.2) is 5.43 Å². The molecule has 33 heavy (non-hydrogen) atoms. The van der Waals surface area contributed by atoms with Crippen LogP contribution in [0.3, 0.4) is 0 Å². The van der Waals surface area contributed by atoms with Gasteiger partial charge in [-0.05, 0) is 25.7 Å². The summed E-state index contributed by atoms with van der Waals surface area (Å²) >= 11 is 0. The number of rotatable bonds is 25. The van der Waals surface area contributed by atoms with Crippen molar-refractivity contribution in [2.75, 3.05) is 6.54 Å². The van der Waals surface area contributed by atoms with E-state index in [1.165, 1.54) is 83.5 Å². The van der Waals surface area contributed by atoms with Crippen LogP contribution >= 0.6 is 0 Å². The molecule has 1 unspecified atom stereocenters. The van der Waals surface area contributed by atoms with Gasteiger partial charge in [0, 0.05) is 18.9 Å². The van der Waals surface area contributed by atoms with Gasteiger partial charge in [0.2, 0.25) is 5.91 Å². The Balaban J connectivity index is 3.28. The Hall–Kier alpha value is -0.690. The molecule has 1 amide bonds. The van der Waals surface area contributed by atoms with Crippen LogP contribution in [-0.2, 0) is 4.79 Å². The molecule has 198 valence electrons. The summed E-state index contributed by atoms with van der Waals surface area (Å²) in [5.41, 5.74) is 5.83. The Labute approximate surface area is 204 Å². The van der Waals surface area contributed by atoms with Gasteiger partial charge in [0.25, 0.3) is 5.97 Å². The Kier molecular flexibility index (Phi) is 22.6. The first-order valence-corrected chi connectivity index (χ1v) is 14.1. The van der Waals surface area contributed by atoms with Gasteiger partial charge >= 0.3 is 0 Å². The molecule has 5 N–H and O–H groups in total. The molecular formula is C27H56N2O4. The minimum absolute atomic E-state index is 0.0454. The molecule has 1 atom stereocenters. The molecule has 0 radical (unpaired) electrons. The van der Waals surface area contributed by atoms with Crippen LogP contribution in [0.5, 0.6) is 0 Å². The number of hydrogen-bond acceptors (Lipinski definition) is 5. The summed E-state index contributed by atoms with van der Waals surface area (Å²) in [5, 5.41) is 26.4. The van der Waals surface area contributed by atoms with Gasteiger partial charge in [0.15, 0.2) is 0 Å². The van der Waals surface area contributed by atoms with Crippen LogP contribution in [0.25, 0.3) is 0 Å². The van der Waals surface area contributed by atoms with E-state index in [2.05, 4.69) is 24.7 Å². The Morgan fingerprint density at radius 1 is 0.667 bits per heavy atom. The Bertz CT molecular complexity index is 427. The molecule has 0 spiro atoms. The average molecular weight is 473 g/mol. The zero-order chi connectivity index (χ0) is 24.6. The second-order valence-electron chi connectivity index (χ2n) is 9.84. The smallest absolute Gasteiger partial charge is 0.275 e. The molecule has 0 saturated carbocycles. The maximum Gasteiger partial charge on any atom is 0.275 e. The van der Waals surface area contributed by atoms with E-state index >= 15 is 0 Å². The summed E-state index contributed by atoms with van der Waals surface area (Å²) in [7, 11) is 0. The summed E-state index contributed by atoms with van der Waals surface area (Å²) in [6.45, 7) is 5.03. The van der Waals surface area contributed by atoms with Crippen LogP contribution in [0.4, 0.5) is 0 Å². The topological polar surface area (TPSA) is 102 Å². The Morgan fingerprint density at radius 3 is 1.42 bits per heavy atom. The van der Waals surface area contributed by atoms with Crippen molar-refractivity contribution in [2.24, 2.45) is 5.92 Å². The van der Waals surface area contributed by atoms with Crippen LogP contribution in [0.1, 0.15) is 149 Å². The second-order valence-corrected chi connectivity index (χ2v) is 9.84. The van der Waals surface area contributed by atoms with Crippen molar-refractivity contribution >= 4 is 5.91 Å². The molecule has 0 aromatic carbocycles. The predicted molar refractivity (Wildman–Crippen MR) is 137 cm³/mol. The maximum absolute atomic E-state index is 12.1. The van der Waals surface area contributed by atoms with E-state index in [1.54, 1.807) is 0 Å². The minimum atomic E-state index is -2.48. The van der Waals surface area contributed by atoms with Crippen LogP contribution in [-0.4, -0.2) is 33.7 Å². The van der Waals surface area contributed by atoms with Crippen LogP contribution < -0.4 is 10.9 Å². The van der Waals surface area contributed by atoms with E-state index in [0.717, 1.165) is 45.1 Å². The van der Waals surface area contributed by atoms with Crippen LogP contribution in [0, 0.1) is 5.92 Å². The lowest BCUT2D eigenvalue weighted by atomic mass is 9.97. The molecule has 0 rings (SSSR count). The van der Waals surface area contributed by atoms with Crippen molar-refractivity contribution in [3.05, 3.63) is 0 Å². The van der Waals surface area contributed by atoms with Gasteiger partial charge in [-0.3, -0.25) is 10.2 Å². The normalized spacial score (nSPS) is 12.8. The zero-order valence-corrected chi connectivity index (χ0v) is 21.9. The van der Waals surface area contributed by atoms with E-state index < -0.39 is 5.97 Å². The lowest BCUT2D eigenvalue weighted by molar-refractivity contribution is -0.315. The first kappa shape index (κ1) is 32.3. The molecule has 0 aliphatic carbocycles. The number of hydrogen-bond donors (Lipinski definition) is 5. The quantitative estimate of drug-likeness (QED) is 0.0629.